The van der Waals surface area contributed by atoms with Crippen molar-refractivity contribution in [3.05, 3.63) is 70.3 Å². The predicted octanol–water partition coefficient (Wildman–Crippen LogP) is 5.24. The first-order chi connectivity index (χ1) is 12.0. The van der Waals surface area contributed by atoms with E-state index in [2.05, 4.69) is 36.5 Å². The standard InChI is InChI=1S/C19H17BrN4O/c1-12-11-18(22-15-9-7-14(8-10-15)13(2)25)24-19(21-12)23-17-6-4-3-5-16(17)20/h3-11H,1-2H3,(H2,21,22,23,24). The molecule has 0 aliphatic rings. The summed E-state index contributed by atoms with van der Waals surface area (Å²) in [6.07, 6.45) is 0. The Balaban J connectivity index is 1.81. The van der Waals surface area contributed by atoms with E-state index in [1.165, 1.54) is 0 Å². The normalized spacial score (nSPS) is 10.4. The summed E-state index contributed by atoms with van der Waals surface area (Å²) in [4.78, 5) is 20.3. The molecule has 0 aliphatic carbocycles. The van der Waals surface area contributed by atoms with Crippen LogP contribution in [-0.4, -0.2) is 15.8 Å². The van der Waals surface area contributed by atoms with Crippen LogP contribution in [0.3, 0.4) is 0 Å². The third-order valence-corrected chi connectivity index (χ3v) is 4.23. The zero-order chi connectivity index (χ0) is 17.8. The van der Waals surface area contributed by atoms with Crippen molar-refractivity contribution >= 4 is 44.9 Å². The van der Waals surface area contributed by atoms with Crippen molar-refractivity contribution in [1.29, 1.82) is 0 Å². The van der Waals surface area contributed by atoms with Gasteiger partial charge in [-0.05, 0) is 66.2 Å². The van der Waals surface area contributed by atoms with Crippen LogP contribution in [0.4, 0.5) is 23.1 Å². The molecule has 0 radical (unpaired) electrons. The fraction of sp³-hybridized carbons (Fsp3) is 0.105. The highest BCUT2D eigenvalue weighted by Gasteiger charge is 2.06. The minimum atomic E-state index is 0.0457. The summed E-state index contributed by atoms with van der Waals surface area (Å²) in [6.45, 7) is 3.47. The maximum atomic E-state index is 11.4. The Morgan fingerprint density at radius 3 is 2.40 bits per heavy atom. The van der Waals surface area contributed by atoms with E-state index < -0.39 is 0 Å². The molecule has 0 bridgehead atoms. The van der Waals surface area contributed by atoms with Gasteiger partial charge in [-0.1, -0.05) is 12.1 Å². The van der Waals surface area contributed by atoms with Crippen LogP contribution in [0.5, 0.6) is 0 Å². The first kappa shape index (κ1) is 17.1. The lowest BCUT2D eigenvalue weighted by Crippen LogP contribution is -2.03. The van der Waals surface area contributed by atoms with E-state index in [9.17, 15) is 4.79 Å². The van der Waals surface area contributed by atoms with Gasteiger partial charge in [0.05, 0.1) is 5.69 Å². The Kier molecular flexibility index (Phi) is 5.09. The Bertz CT molecular complexity index is 910. The van der Waals surface area contributed by atoms with Crippen LogP contribution < -0.4 is 10.6 Å². The first-order valence-corrected chi connectivity index (χ1v) is 8.56. The average molecular weight is 397 g/mol. The van der Waals surface area contributed by atoms with E-state index in [1.54, 1.807) is 19.1 Å². The molecule has 3 aromatic rings. The molecular formula is C19H17BrN4O. The molecule has 0 saturated carbocycles. The van der Waals surface area contributed by atoms with Gasteiger partial charge in [0.2, 0.25) is 5.95 Å². The van der Waals surface area contributed by atoms with Gasteiger partial charge >= 0.3 is 0 Å². The van der Waals surface area contributed by atoms with Crippen LogP contribution >= 0.6 is 15.9 Å². The molecule has 1 aromatic heterocycles. The maximum absolute atomic E-state index is 11.4. The molecule has 3 rings (SSSR count). The van der Waals surface area contributed by atoms with Crippen LogP contribution in [0.15, 0.2) is 59.1 Å². The summed E-state index contributed by atoms with van der Waals surface area (Å²) in [5.74, 6) is 1.23. The van der Waals surface area contributed by atoms with Crippen LogP contribution in [0.1, 0.15) is 23.0 Å². The number of Topliss-reactive ketones (excluding diaryl/α,β-unsaturated/α-hetero) is 1. The summed E-state index contributed by atoms with van der Waals surface area (Å²) in [5, 5.41) is 6.45. The smallest absolute Gasteiger partial charge is 0.229 e. The minimum Gasteiger partial charge on any atom is -0.340 e. The molecular weight excluding hydrogens is 380 g/mol. The fourth-order valence-electron chi connectivity index (χ4n) is 2.31. The lowest BCUT2D eigenvalue weighted by atomic mass is 10.1. The fourth-order valence-corrected chi connectivity index (χ4v) is 2.69. The molecule has 6 heteroatoms. The van der Waals surface area contributed by atoms with E-state index >= 15 is 0 Å². The van der Waals surface area contributed by atoms with Gasteiger partial charge in [-0.2, -0.15) is 4.98 Å². The lowest BCUT2D eigenvalue weighted by Gasteiger charge is -2.11. The number of anilines is 4. The monoisotopic (exact) mass is 396 g/mol. The van der Waals surface area contributed by atoms with Crippen LogP contribution in [0.25, 0.3) is 0 Å². The predicted molar refractivity (Wildman–Crippen MR) is 104 cm³/mol. The SMILES string of the molecule is CC(=O)c1ccc(Nc2cc(C)nc(Nc3ccccc3Br)n2)cc1. The van der Waals surface area contributed by atoms with Gasteiger partial charge < -0.3 is 10.6 Å². The summed E-state index contributed by atoms with van der Waals surface area (Å²) in [7, 11) is 0. The second-order valence-corrected chi connectivity index (χ2v) is 6.44. The molecule has 2 aromatic carbocycles. The van der Waals surface area contributed by atoms with Crippen molar-refractivity contribution in [3.63, 3.8) is 0 Å². The zero-order valence-corrected chi connectivity index (χ0v) is 15.5. The Hall–Kier alpha value is -2.73. The lowest BCUT2D eigenvalue weighted by molar-refractivity contribution is 0.101. The third kappa shape index (κ3) is 4.42. The molecule has 0 aliphatic heterocycles. The van der Waals surface area contributed by atoms with Crippen molar-refractivity contribution in [2.75, 3.05) is 10.6 Å². The van der Waals surface area contributed by atoms with Gasteiger partial charge in [-0.3, -0.25) is 4.79 Å². The Morgan fingerprint density at radius 2 is 1.72 bits per heavy atom. The number of benzene rings is 2. The van der Waals surface area contributed by atoms with E-state index in [0.29, 0.717) is 17.3 Å². The number of aromatic nitrogens is 2. The van der Waals surface area contributed by atoms with Gasteiger partial charge in [-0.25, -0.2) is 4.98 Å². The van der Waals surface area contributed by atoms with Gasteiger partial charge in [0.15, 0.2) is 5.78 Å². The van der Waals surface area contributed by atoms with Crippen molar-refractivity contribution in [3.8, 4) is 0 Å². The number of hydrogen-bond acceptors (Lipinski definition) is 5. The summed E-state index contributed by atoms with van der Waals surface area (Å²) in [5.41, 5.74) is 3.27. The Morgan fingerprint density at radius 1 is 1.00 bits per heavy atom. The number of rotatable bonds is 5. The quantitative estimate of drug-likeness (QED) is 0.577. The average Bonchev–Trinajstić information content (AvgIpc) is 2.57. The molecule has 5 nitrogen and oxygen atoms in total. The number of halogens is 1. The molecule has 126 valence electrons. The summed E-state index contributed by atoms with van der Waals surface area (Å²) >= 11 is 3.50. The van der Waals surface area contributed by atoms with Crippen molar-refractivity contribution in [2.45, 2.75) is 13.8 Å². The number of carbonyl (C=O) groups excluding carboxylic acids is 1. The topological polar surface area (TPSA) is 66.9 Å². The Labute approximate surface area is 154 Å². The number of nitrogens with one attached hydrogen (secondary N) is 2. The number of hydrogen-bond donors (Lipinski definition) is 2. The largest absolute Gasteiger partial charge is 0.340 e. The van der Waals surface area contributed by atoms with Gasteiger partial charge in [-0.15, -0.1) is 0 Å². The van der Waals surface area contributed by atoms with E-state index in [0.717, 1.165) is 21.5 Å². The molecule has 0 spiro atoms. The molecule has 0 amide bonds. The third-order valence-electron chi connectivity index (χ3n) is 3.54. The highest BCUT2D eigenvalue weighted by Crippen LogP contribution is 2.25. The molecule has 1 heterocycles. The number of nitrogens with zero attached hydrogens (tertiary/aromatic N) is 2. The highest BCUT2D eigenvalue weighted by atomic mass is 79.9. The van der Waals surface area contributed by atoms with Crippen molar-refractivity contribution in [2.24, 2.45) is 0 Å². The number of ketones is 1. The molecule has 0 unspecified atom stereocenters. The molecule has 25 heavy (non-hydrogen) atoms. The molecule has 2 N–H and O–H groups in total. The first-order valence-electron chi connectivity index (χ1n) is 7.76. The highest BCUT2D eigenvalue weighted by molar-refractivity contribution is 9.10. The molecule has 0 atom stereocenters. The second-order valence-electron chi connectivity index (χ2n) is 5.58. The van der Waals surface area contributed by atoms with E-state index in [-0.39, 0.29) is 5.78 Å². The van der Waals surface area contributed by atoms with Crippen LogP contribution in [0.2, 0.25) is 0 Å². The van der Waals surface area contributed by atoms with Crippen molar-refractivity contribution < 1.29 is 4.79 Å². The van der Waals surface area contributed by atoms with Crippen LogP contribution in [-0.2, 0) is 0 Å². The minimum absolute atomic E-state index is 0.0457. The van der Waals surface area contributed by atoms with E-state index in [1.807, 2.05) is 49.4 Å². The molecule has 0 saturated heterocycles. The van der Waals surface area contributed by atoms with Gasteiger partial charge in [0.1, 0.15) is 5.82 Å². The van der Waals surface area contributed by atoms with Gasteiger partial charge in [0.25, 0.3) is 0 Å². The number of aryl methyl sites for hydroxylation is 1. The number of carbonyl (C=O) groups is 1. The number of para-hydroxylation sites is 1. The van der Waals surface area contributed by atoms with Crippen LogP contribution in [0, 0.1) is 6.92 Å². The van der Waals surface area contributed by atoms with Crippen molar-refractivity contribution in [1.82, 2.24) is 9.97 Å². The van der Waals surface area contributed by atoms with E-state index in [4.69, 9.17) is 0 Å². The maximum Gasteiger partial charge on any atom is 0.229 e. The molecule has 0 fully saturated rings. The zero-order valence-electron chi connectivity index (χ0n) is 13.9. The summed E-state index contributed by atoms with van der Waals surface area (Å²) in [6, 6.07) is 17.0. The summed E-state index contributed by atoms with van der Waals surface area (Å²) < 4.78 is 0.939. The van der Waals surface area contributed by atoms with Gasteiger partial charge in [0, 0.05) is 27.5 Å². The second kappa shape index (κ2) is 7.44.